The number of carbonyl (C=O) groups excluding carboxylic acids is 2. The van der Waals surface area contributed by atoms with Gasteiger partial charge >= 0.3 is 24.3 Å². The van der Waals surface area contributed by atoms with Crippen molar-refractivity contribution in [2.45, 2.75) is 69.7 Å². The van der Waals surface area contributed by atoms with Gasteiger partial charge in [0.25, 0.3) is 0 Å². The van der Waals surface area contributed by atoms with Crippen LogP contribution in [0.3, 0.4) is 0 Å². The number of nitrogens with zero attached hydrogens (tertiary/aromatic N) is 4. The van der Waals surface area contributed by atoms with Crippen molar-refractivity contribution >= 4 is 23.7 Å². The third-order valence-electron chi connectivity index (χ3n) is 7.39. The van der Waals surface area contributed by atoms with Gasteiger partial charge in [0.05, 0.1) is 23.9 Å². The maximum Gasteiger partial charge on any atom is 0.499 e. The lowest BCUT2D eigenvalue weighted by Crippen LogP contribution is -2.60. The molecule has 1 fully saturated rings. The molecule has 50 heavy (non-hydrogen) atoms. The normalized spacial score (nSPS) is 21.0. The number of methoxy groups -OCH3 is 2. The molecule has 1 N–H and O–H groups in total. The Labute approximate surface area is 281 Å². The Balaban J connectivity index is 1.54. The summed E-state index contributed by atoms with van der Waals surface area (Å²) in [5.41, 5.74) is 0.643. The van der Waals surface area contributed by atoms with Crippen molar-refractivity contribution in [3.05, 3.63) is 54.9 Å². The van der Waals surface area contributed by atoms with Crippen LogP contribution in [-0.2, 0) is 33.3 Å². The first-order valence-corrected chi connectivity index (χ1v) is 14.9. The average molecular weight is 717 g/mol. The molecular weight excluding hydrogens is 683 g/mol. The van der Waals surface area contributed by atoms with Crippen molar-refractivity contribution in [2.75, 3.05) is 25.7 Å². The van der Waals surface area contributed by atoms with Gasteiger partial charge in [-0.1, -0.05) is 0 Å². The fourth-order valence-electron chi connectivity index (χ4n) is 5.00. The van der Waals surface area contributed by atoms with Gasteiger partial charge in [-0.25, -0.2) is 19.4 Å². The topological polar surface area (TPSA) is 161 Å². The SMILES string of the molecule is CCO[C@@H]1[C@@H](OC)[C@H](C)O[C@@H](OC(=O)N(C(=O)CCC(=O)O)c2ccc(-c3ncn(-c4ccc(OC(F)(F)C(F)(F)F)cc4)n3)cc2)[C@@H]1OC. The van der Waals surface area contributed by atoms with Gasteiger partial charge in [-0.05, 0) is 62.4 Å². The monoisotopic (exact) mass is 716 g/mol. The number of carbonyl (C=O) groups is 3. The molecule has 0 aliphatic carbocycles. The molecule has 5 atom stereocenters. The number of amides is 2. The Hall–Kier alpha value is -4.72. The summed E-state index contributed by atoms with van der Waals surface area (Å²) in [6.07, 6.45) is -16.5. The number of carboxylic acid groups (broad SMARTS) is 1. The van der Waals surface area contributed by atoms with Gasteiger partial charge in [0, 0.05) is 32.8 Å². The van der Waals surface area contributed by atoms with Crippen LogP contribution in [0.4, 0.5) is 32.4 Å². The first kappa shape index (κ1) is 38.1. The number of alkyl halides is 5. The second-order valence-corrected chi connectivity index (χ2v) is 10.7. The third-order valence-corrected chi connectivity index (χ3v) is 7.39. The van der Waals surface area contributed by atoms with E-state index in [1.807, 2.05) is 0 Å². The molecule has 1 aromatic heterocycles. The van der Waals surface area contributed by atoms with E-state index in [9.17, 15) is 36.3 Å². The van der Waals surface area contributed by atoms with Crippen molar-refractivity contribution in [1.82, 2.24) is 14.8 Å². The zero-order chi connectivity index (χ0) is 36.8. The lowest BCUT2D eigenvalue weighted by atomic mass is 9.99. The summed E-state index contributed by atoms with van der Waals surface area (Å²) in [4.78, 5) is 42.7. The molecule has 0 bridgehead atoms. The van der Waals surface area contributed by atoms with Crippen LogP contribution < -0.4 is 9.64 Å². The zero-order valence-corrected chi connectivity index (χ0v) is 27.0. The summed E-state index contributed by atoms with van der Waals surface area (Å²) in [7, 11) is 2.82. The first-order valence-electron chi connectivity index (χ1n) is 14.9. The number of aliphatic carboxylic acids is 1. The maximum atomic E-state index is 13.5. The van der Waals surface area contributed by atoms with Crippen molar-refractivity contribution in [3.8, 4) is 22.8 Å². The standard InChI is InChI=1S/C31H33F5N4O10/c1-5-47-25-24(45-3)17(2)48-28(26(25)46-4)49-29(44)40(22(41)14-15-23(42)43)20-8-6-18(7-9-20)27-37-16-39(38-27)19-10-12-21(13-11-19)50-31(35,36)30(32,33)34/h6-13,16-17,24-26,28H,5,14-15H2,1-4H3,(H,42,43)/t17-,24-,25+,26+,28-/m0/s1. The van der Waals surface area contributed by atoms with Crippen LogP contribution in [0.1, 0.15) is 26.7 Å². The number of imide groups is 1. The Bertz CT molecular complexity index is 1620. The van der Waals surface area contributed by atoms with E-state index < -0.39 is 79.6 Å². The highest BCUT2D eigenvalue weighted by Gasteiger charge is 2.61. The predicted molar refractivity (Wildman–Crippen MR) is 161 cm³/mol. The number of benzene rings is 2. The lowest BCUT2D eigenvalue weighted by molar-refractivity contribution is -0.360. The van der Waals surface area contributed by atoms with E-state index in [1.165, 1.54) is 61.6 Å². The molecule has 1 saturated heterocycles. The summed E-state index contributed by atoms with van der Waals surface area (Å²) in [5, 5.41) is 13.4. The quantitative estimate of drug-likeness (QED) is 0.237. The second kappa shape index (κ2) is 15.9. The average Bonchev–Trinajstić information content (AvgIpc) is 3.55. The molecule has 4 rings (SSSR count). The molecule has 0 radical (unpaired) electrons. The summed E-state index contributed by atoms with van der Waals surface area (Å²) in [6, 6.07) is 9.83. The van der Waals surface area contributed by atoms with Gasteiger partial charge in [0.15, 0.2) is 5.82 Å². The van der Waals surface area contributed by atoms with Crippen LogP contribution in [0, 0.1) is 0 Å². The Kier molecular flexibility index (Phi) is 12.1. The van der Waals surface area contributed by atoms with Crippen LogP contribution in [0.25, 0.3) is 17.1 Å². The van der Waals surface area contributed by atoms with E-state index in [-0.39, 0.29) is 23.8 Å². The van der Waals surface area contributed by atoms with Crippen LogP contribution in [-0.4, -0.2) is 102 Å². The number of hydrogen-bond acceptors (Lipinski definition) is 11. The summed E-state index contributed by atoms with van der Waals surface area (Å²) in [5.74, 6) is -2.75. The molecule has 2 amide bonds. The Morgan fingerprint density at radius 2 is 1.58 bits per heavy atom. The molecule has 272 valence electrons. The molecule has 14 nitrogen and oxygen atoms in total. The minimum atomic E-state index is -5.90. The number of halogens is 5. The van der Waals surface area contributed by atoms with Crippen molar-refractivity contribution in [1.29, 1.82) is 0 Å². The summed E-state index contributed by atoms with van der Waals surface area (Å²) < 4.78 is 97.1. The van der Waals surface area contributed by atoms with Gasteiger partial charge in [0.1, 0.15) is 30.4 Å². The van der Waals surface area contributed by atoms with Crippen molar-refractivity contribution in [3.63, 3.8) is 0 Å². The molecule has 1 aliphatic rings. The molecule has 2 aromatic carbocycles. The fraction of sp³-hybridized carbons (Fsp3) is 0.452. The smallest absolute Gasteiger partial charge is 0.481 e. The van der Waals surface area contributed by atoms with Crippen LogP contribution in [0.5, 0.6) is 5.75 Å². The zero-order valence-electron chi connectivity index (χ0n) is 27.0. The number of rotatable bonds is 13. The van der Waals surface area contributed by atoms with E-state index in [0.29, 0.717) is 10.5 Å². The van der Waals surface area contributed by atoms with Crippen LogP contribution in [0.2, 0.25) is 0 Å². The van der Waals surface area contributed by atoms with Gasteiger partial charge < -0.3 is 33.5 Å². The minimum Gasteiger partial charge on any atom is -0.481 e. The van der Waals surface area contributed by atoms with Crippen molar-refractivity contribution < 1.29 is 69.9 Å². The number of hydrogen-bond donors (Lipinski definition) is 1. The van der Waals surface area contributed by atoms with Gasteiger partial charge in [-0.2, -0.15) is 22.0 Å². The Morgan fingerprint density at radius 1 is 0.940 bits per heavy atom. The molecule has 0 spiro atoms. The summed E-state index contributed by atoms with van der Waals surface area (Å²) >= 11 is 0. The third kappa shape index (κ3) is 8.70. The fourth-order valence-corrected chi connectivity index (χ4v) is 5.00. The number of carboxylic acids is 1. The molecule has 0 unspecified atom stereocenters. The van der Waals surface area contributed by atoms with Crippen LogP contribution in [0.15, 0.2) is 54.9 Å². The second-order valence-electron chi connectivity index (χ2n) is 10.7. The van der Waals surface area contributed by atoms with E-state index in [2.05, 4.69) is 14.8 Å². The van der Waals surface area contributed by atoms with Gasteiger partial charge in [0.2, 0.25) is 12.2 Å². The Morgan fingerprint density at radius 3 is 2.14 bits per heavy atom. The molecular formula is C31H33F5N4O10. The molecule has 1 aliphatic heterocycles. The molecule has 0 saturated carbocycles. The van der Waals surface area contributed by atoms with E-state index >= 15 is 0 Å². The van der Waals surface area contributed by atoms with E-state index in [0.717, 1.165) is 12.1 Å². The number of aromatic nitrogens is 3. The minimum absolute atomic E-state index is 0.00812. The highest BCUT2D eigenvalue weighted by Crippen LogP contribution is 2.37. The predicted octanol–water partition coefficient (Wildman–Crippen LogP) is 4.98. The van der Waals surface area contributed by atoms with Crippen LogP contribution >= 0.6 is 0 Å². The number of anilines is 1. The van der Waals surface area contributed by atoms with E-state index in [4.69, 9.17) is 28.8 Å². The molecule has 3 aromatic rings. The van der Waals surface area contributed by atoms with Gasteiger partial charge in [-0.3, -0.25) is 9.59 Å². The highest BCUT2D eigenvalue weighted by molar-refractivity contribution is 6.12. The maximum absolute atomic E-state index is 13.5. The molecule has 2 heterocycles. The molecule has 19 heteroatoms. The number of ether oxygens (including phenoxy) is 6. The summed E-state index contributed by atoms with van der Waals surface area (Å²) in [6.45, 7) is 3.72. The highest BCUT2D eigenvalue weighted by atomic mass is 19.4. The first-order chi connectivity index (χ1) is 23.6. The van der Waals surface area contributed by atoms with Gasteiger partial charge in [-0.15, -0.1) is 5.10 Å². The lowest BCUT2D eigenvalue weighted by Gasteiger charge is -2.43. The largest absolute Gasteiger partial charge is 0.499 e. The van der Waals surface area contributed by atoms with E-state index in [1.54, 1.807) is 13.8 Å². The van der Waals surface area contributed by atoms with Crippen molar-refractivity contribution in [2.24, 2.45) is 0 Å².